The van der Waals surface area contributed by atoms with Crippen molar-refractivity contribution in [3.05, 3.63) is 64.1 Å². The summed E-state index contributed by atoms with van der Waals surface area (Å²) in [4.78, 5) is 20.1. The smallest absolute Gasteiger partial charge is 0.239 e. The molecular formula is C21H27BrIN5O. The second-order valence-corrected chi connectivity index (χ2v) is 7.74. The Kier molecular flexibility index (Phi) is 9.22. The fourth-order valence-electron chi connectivity index (χ4n) is 3.19. The molecule has 29 heavy (non-hydrogen) atoms. The van der Waals surface area contributed by atoms with Crippen LogP contribution in [0.3, 0.4) is 0 Å². The number of rotatable bonds is 5. The zero-order chi connectivity index (χ0) is 19.9. The molecule has 1 amide bonds. The van der Waals surface area contributed by atoms with Gasteiger partial charge in [-0.05, 0) is 35.4 Å². The van der Waals surface area contributed by atoms with E-state index in [1.807, 2.05) is 19.2 Å². The highest BCUT2D eigenvalue weighted by molar-refractivity contribution is 14.0. The number of halogens is 2. The molecule has 0 unspecified atom stereocenters. The Morgan fingerprint density at radius 3 is 2.45 bits per heavy atom. The Balaban J connectivity index is 0.00000300. The minimum atomic E-state index is 0. The maximum Gasteiger partial charge on any atom is 0.239 e. The molecule has 1 heterocycles. The van der Waals surface area contributed by atoms with E-state index in [-0.39, 0.29) is 29.9 Å². The van der Waals surface area contributed by atoms with Gasteiger partial charge in [-0.3, -0.25) is 9.79 Å². The number of carbonyl (C=O) groups is 1. The summed E-state index contributed by atoms with van der Waals surface area (Å²) in [5.74, 6) is 0.925. The van der Waals surface area contributed by atoms with Gasteiger partial charge >= 0.3 is 0 Å². The number of hydrogen-bond acceptors (Lipinski definition) is 3. The van der Waals surface area contributed by atoms with E-state index in [0.29, 0.717) is 19.6 Å². The van der Waals surface area contributed by atoms with Crippen molar-refractivity contribution in [2.24, 2.45) is 4.99 Å². The van der Waals surface area contributed by atoms with E-state index in [2.05, 4.69) is 77.8 Å². The van der Waals surface area contributed by atoms with Gasteiger partial charge in [-0.25, -0.2) is 0 Å². The molecule has 1 saturated heterocycles. The maximum absolute atomic E-state index is 11.6. The average molecular weight is 572 g/mol. The summed E-state index contributed by atoms with van der Waals surface area (Å²) in [7, 11) is 3.83. The fraction of sp³-hybridized carbons (Fsp3) is 0.333. The zero-order valence-electron chi connectivity index (χ0n) is 16.7. The van der Waals surface area contributed by atoms with E-state index in [1.165, 1.54) is 11.1 Å². The van der Waals surface area contributed by atoms with Crippen LogP contribution in [0.15, 0.2) is 58.0 Å². The third-order valence-electron chi connectivity index (χ3n) is 4.70. The lowest BCUT2D eigenvalue weighted by Crippen LogP contribution is -2.47. The number of aliphatic imine (C=N–C) groups is 1. The van der Waals surface area contributed by atoms with Crippen LogP contribution in [0.2, 0.25) is 0 Å². The Bertz CT molecular complexity index is 826. The van der Waals surface area contributed by atoms with Crippen LogP contribution in [0.4, 0.5) is 5.69 Å². The van der Waals surface area contributed by atoms with Crippen LogP contribution in [0.1, 0.15) is 11.1 Å². The largest absolute Gasteiger partial charge is 0.360 e. The Morgan fingerprint density at radius 2 is 1.83 bits per heavy atom. The lowest BCUT2D eigenvalue weighted by atomic mass is 10.2. The first-order chi connectivity index (χ1) is 13.5. The zero-order valence-corrected chi connectivity index (χ0v) is 20.6. The van der Waals surface area contributed by atoms with Crippen LogP contribution in [0.25, 0.3) is 0 Å². The lowest BCUT2D eigenvalue weighted by Gasteiger charge is -2.28. The third kappa shape index (κ3) is 6.88. The molecule has 0 saturated carbocycles. The van der Waals surface area contributed by atoms with Crippen molar-refractivity contribution in [1.29, 1.82) is 0 Å². The molecule has 2 aromatic rings. The first-order valence-electron chi connectivity index (χ1n) is 9.32. The fourth-order valence-corrected chi connectivity index (χ4v) is 3.45. The first kappa shape index (κ1) is 23.5. The molecule has 0 aliphatic carbocycles. The highest BCUT2D eigenvalue weighted by Crippen LogP contribution is 2.16. The number of anilines is 1. The molecule has 8 heteroatoms. The molecule has 1 aliphatic rings. The number of guanidine groups is 1. The van der Waals surface area contributed by atoms with Crippen molar-refractivity contribution in [1.82, 2.24) is 15.5 Å². The molecule has 6 nitrogen and oxygen atoms in total. The van der Waals surface area contributed by atoms with Gasteiger partial charge in [0.05, 0.1) is 6.54 Å². The van der Waals surface area contributed by atoms with E-state index in [9.17, 15) is 4.79 Å². The Labute approximate surface area is 197 Å². The number of amides is 1. The van der Waals surface area contributed by atoms with Gasteiger partial charge in [-0.15, -0.1) is 24.0 Å². The summed E-state index contributed by atoms with van der Waals surface area (Å²) in [6.07, 6.45) is 0. The minimum absolute atomic E-state index is 0. The molecule has 0 aromatic heterocycles. The molecule has 0 bridgehead atoms. The summed E-state index contributed by atoms with van der Waals surface area (Å²) >= 11 is 3.47. The second kappa shape index (κ2) is 11.4. The van der Waals surface area contributed by atoms with Gasteiger partial charge in [0.25, 0.3) is 0 Å². The summed E-state index contributed by atoms with van der Waals surface area (Å²) in [5, 5.41) is 6.26. The number of hydrogen-bond donors (Lipinski definition) is 2. The number of nitrogens with one attached hydrogen (secondary N) is 2. The van der Waals surface area contributed by atoms with Crippen LogP contribution < -0.4 is 15.5 Å². The highest BCUT2D eigenvalue weighted by Gasteiger charge is 2.16. The molecule has 0 atom stereocenters. The van der Waals surface area contributed by atoms with Crippen molar-refractivity contribution < 1.29 is 4.79 Å². The van der Waals surface area contributed by atoms with Crippen LogP contribution in [-0.4, -0.2) is 50.5 Å². The second-order valence-electron chi connectivity index (χ2n) is 6.82. The van der Waals surface area contributed by atoms with E-state index in [0.717, 1.165) is 29.2 Å². The Hall–Kier alpha value is -1.81. The van der Waals surface area contributed by atoms with Crippen LogP contribution in [-0.2, 0) is 17.9 Å². The quantitative estimate of drug-likeness (QED) is 0.329. The molecule has 1 aliphatic heterocycles. The van der Waals surface area contributed by atoms with E-state index in [4.69, 9.17) is 0 Å². The molecular weight excluding hydrogens is 545 g/mol. The van der Waals surface area contributed by atoms with Gasteiger partial charge in [0.1, 0.15) is 0 Å². The van der Waals surface area contributed by atoms with E-state index in [1.54, 1.807) is 7.05 Å². The van der Waals surface area contributed by atoms with Gasteiger partial charge in [0.2, 0.25) is 5.91 Å². The van der Waals surface area contributed by atoms with E-state index < -0.39 is 0 Å². The van der Waals surface area contributed by atoms with Crippen molar-refractivity contribution in [2.75, 3.05) is 38.6 Å². The predicted molar refractivity (Wildman–Crippen MR) is 133 cm³/mol. The van der Waals surface area contributed by atoms with Crippen molar-refractivity contribution in [3.8, 4) is 0 Å². The van der Waals surface area contributed by atoms with Crippen LogP contribution in [0, 0.1) is 0 Å². The SMILES string of the molecule is CN=C(NCc1ccc(N2CCNC(=O)C2)cc1)N(C)Cc1ccc(Br)cc1.I. The minimum Gasteiger partial charge on any atom is -0.360 e. The number of carbonyl (C=O) groups excluding carboxylic acids is 1. The predicted octanol–water partition coefficient (Wildman–Crippen LogP) is 3.21. The third-order valence-corrected chi connectivity index (χ3v) is 5.23. The number of piperazine rings is 1. The molecule has 2 aromatic carbocycles. The van der Waals surface area contributed by atoms with Gasteiger partial charge in [0, 0.05) is 50.4 Å². The number of nitrogens with zero attached hydrogens (tertiary/aromatic N) is 3. The average Bonchev–Trinajstić information content (AvgIpc) is 2.71. The topological polar surface area (TPSA) is 60.0 Å². The monoisotopic (exact) mass is 571 g/mol. The van der Waals surface area contributed by atoms with Crippen molar-refractivity contribution in [3.63, 3.8) is 0 Å². The van der Waals surface area contributed by atoms with E-state index >= 15 is 0 Å². The van der Waals surface area contributed by atoms with Gasteiger partial charge < -0.3 is 20.4 Å². The van der Waals surface area contributed by atoms with Gasteiger partial charge in [-0.2, -0.15) is 0 Å². The normalized spacial score (nSPS) is 14.1. The standard InChI is InChI=1S/C21H26BrN5O.HI/c1-23-21(26(2)14-17-3-7-18(22)8-4-17)25-13-16-5-9-19(10-6-16)27-12-11-24-20(28)15-27;/h3-10H,11-15H2,1-2H3,(H,23,25)(H,24,28);1H. The lowest BCUT2D eigenvalue weighted by molar-refractivity contribution is -0.120. The van der Waals surface area contributed by atoms with Crippen molar-refractivity contribution >= 4 is 57.5 Å². The summed E-state index contributed by atoms with van der Waals surface area (Å²) in [6.45, 7) is 3.44. The highest BCUT2D eigenvalue weighted by atomic mass is 127. The summed E-state index contributed by atoms with van der Waals surface area (Å²) in [6, 6.07) is 16.6. The van der Waals surface area contributed by atoms with Crippen LogP contribution >= 0.6 is 39.9 Å². The van der Waals surface area contributed by atoms with Gasteiger partial charge in [0.15, 0.2) is 5.96 Å². The molecule has 156 valence electrons. The molecule has 1 fully saturated rings. The Morgan fingerprint density at radius 1 is 1.17 bits per heavy atom. The summed E-state index contributed by atoms with van der Waals surface area (Å²) < 4.78 is 1.08. The molecule has 0 spiro atoms. The molecule has 2 N–H and O–H groups in total. The number of benzene rings is 2. The van der Waals surface area contributed by atoms with Gasteiger partial charge in [-0.1, -0.05) is 40.2 Å². The first-order valence-corrected chi connectivity index (χ1v) is 10.1. The molecule has 3 rings (SSSR count). The van der Waals surface area contributed by atoms with Crippen LogP contribution in [0.5, 0.6) is 0 Å². The summed E-state index contributed by atoms with van der Waals surface area (Å²) in [5.41, 5.74) is 3.47. The molecule has 0 radical (unpaired) electrons. The van der Waals surface area contributed by atoms with Crippen molar-refractivity contribution in [2.45, 2.75) is 13.1 Å². The maximum atomic E-state index is 11.6.